The van der Waals surface area contributed by atoms with Crippen LogP contribution in [0.5, 0.6) is 0 Å². The van der Waals surface area contributed by atoms with E-state index < -0.39 is 0 Å². The maximum Gasteiger partial charge on any atom is 0.338 e. The first-order valence-electron chi connectivity index (χ1n) is 7.08. The molecule has 0 aliphatic rings. The Bertz CT molecular complexity index is 823. The summed E-state index contributed by atoms with van der Waals surface area (Å²) in [6.07, 6.45) is 0. The number of esters is 1. The van der Waals surface area contributed by atoms with Gasteiger partial charge in [0.2, 0.25) is 0 Å². The van der Waals surface area contributed by atoms with Gasteiger partial charge in [-0.25, -0.2) is 4.79 Å². The Kier molecular flexibility index (Phi) is 4.60. The molecule has 0 saturated heterocycles. The molecule has 0 amide bonds. The van der Waals surface area contributed by atoms with E-state index in [0.717, 1.165) is 16.5 Å². The zero-order valence-electron chi connectivity index (χ0n) is 12.1. The zero-order chi connectivity index (χ0) is 15.5. The van der Waals surface area contributed by atoms with Gasteiger partial charge < -0.3 is 4.74 Å². The van der Waals surface area contributed by atoms with Crippen LogP contribution in [0.4, 0.5) is 0 Å². The molecule has 0 saturated carbocycles. The third kappa shape index (κ3) is 2.94. The van der Waals surface area contributed by atoms with Crippen molar-refractivity contribution < 1.29 is 9.53 Å². The van der Waals surface area contributed by atoms with Crippen molar-refractivity contribution in [1.82, 2.24) is 0 Å². The average Bonchev–Trinajstić information content (AvgIpc) is 2.98. The molecule has 0 unspecified atom stereocenters. The van der Waals surface area contributed by atoms with Crippen LogP contribution in [0.3, 0.4) is 0 Å². The molecular weight excluding hydrogens is 360 g/mol. The molecule has 3 rings (SSSR count). The van der Waals surface area contributed by atoms with Crippen molar-refractivity contribution in [2.45, 2.75) is 12.3 Å². The summed E-state index contributed by atoms with van der Waals surface area (Å²) in [5, 5.41) is 2.09. The standard InChI is InChI=1S/C18H15BrO2S/c1-2-21-18(20)14-7-3-5-12(9-14)16-8-4-6-13-10-15(11-19)22-17(13)16/h3-10H,2,11H2,1H3. The van der Waals surface area contributed by atoms with Gasteiger partial charge in [-0.1, -0.05) is 46.3 Å². The largest absolute Gasteiger partial charge is 0.462 e. The summed E-state index contributed by atoms with van der Waals surface area (Å²) in [5.41, 5.74) is 2.79. The summed E-state index contributed by atoms with van der Waals surface area (Å²) in [6, 6.07) is 16.1. The third-order valence-electron chi connectivity index (χ3n) is 3.41. The van der Waals surface area contributed by atoms with Crippen molar-refractivity contribution in [2.24, 2.45) is 0 Å². The molecule has 0 fully saturated rings. The molecule has 3 aromatic rings. The second kappa shape index (κ2) is 6.63. The maximum absolute atomic E-state index is 11.9. The minimum atomic E-state index is -0.274. The van der Waals surface area contributed by atoms with E-state index in [1.165, 1.54) is 15.0 Å². The van der Waals surface area contributed by atoms with Crippen molar-refractivity contribution in [3.63, 3.8) is 0 Å². The SMILES string of the molecule is CCOC(=O)c1cccc(-c2cccc3cc(CBr)sc23)c1. The van der Waals surface area contributed by atoms with Crippen molar-refractivity contribution in [2.75, 3.05) is 6.61 Å². The molecule has 0 N–H and O–H groups in total. The first-order valence-corrected chi connectivity index (χ1v) is 9.01. The molecule has 2 nitrogen and oxygen atoms in total. The van der Waals surface area contributed by atoms with Gasteiger partial charge in [-0.05, 0) is 41.6 Å². The normalized spacial score (nSPS) is 10.8. The van der Waals surface area contributed by atoms with E-state index in [4.69, 9.17) is 4.74 Å². The molecule has 22 heavy (non-hydrogen) atoms. The van der Waals surface area contributed by atoms with E-state index in [2.05, 4.69) is 40.2 Å². The smallest absolute Gasteiger partial charge is 0.338 e. The van der Waals surface area contributed by atoms with Gasteiger partial charge in [0, 0.05) is 14.9 Å². The lowest BCUT2D eigenvalue weighted by Gasteiger charge is -2.06. The molecule has 0 atom stereocenters. The number of alkyl halides is 1. The number of ether oxygens (including phenoxy) is 1. The van der Waals surface area contributed by atoms with Crippen molar-refractivity contribution >= 4 is 43.3 Å². The Morgan fingerprint density at radius 2 is 2.00 bits per heavy atom. The lowest BCUT2D eigenvalue weighted by atomic mass is 10.0. The van der Waals surface area contributed by atoms with Crippen LogP contribution in [0.15, 0.2) is 48.5 Å². The van der Waals surface area contributed by atoms with Crippen LogP contribution in [-0.2, 0) is 10.1 Å². The van der Waals surface area contributed by atoms with E-state index in [-0.39, 0.29) is 5.97 Å². The molecule has 0 spiro atoms. The van der Waals surface area contributed by atoms with Crippen LogP contribution < -0.4 is 0 Å². The predicted molar refractivity (Wildman–Crippen MR) is 95.8 cm³/mol. The average molecular weight is 375 g/mol. The summed E-state index contributed by atoms with van der Waals surface area (Å²) in [4.78, 5) is 13.2. The molecule has 4 heteroatoms. The van der Waals surface area contributed by atoms with Gasteiger partial charge in [0.15, 0.2) is 0 Å². The number of benzene rings is 2. The predicted octanol–water partition coefficient (Wildman–Crippen LogP) is 5.64. The fraction of sp³-hybridized carbons (Fsp3) is 0.167. The van der Waals surface area contributed by atoms with E-state index >= 15 is 0 Å². The lowest BCUT2D eigenvalue weighted by Crippen LogP contribution is -2.04. The van der Waals surface area contributed by atoms with Gasteiger partial charge in [0.1, 0.15) is 0 Å². The highest BCUT2D eigenvalue weighted by Gasteiger charge is 2.11. The Hall–Kier alpha value is -1.65. The summed E-state index contributed by atoms with van der Waals surface area (Å²) in [5.74, 6) is -0.274. The quantitative estimate of drug-likeness (QED) is 0.436. The van der Waals surface area contributed by atoms with Crippen molar-refractivity contribution in [3.8, 4) is 11.1 Å². The molecule has 0 bridgehead atoms. The fourth-order valence-electron chi connectivity index (χ4n) is 2.44. The number of carbonyl (C=O) groups excluding carboxylic acids is 1. The van der Waals surface area contributed by atoms with Crippen molar-refractivity contribution in [3.05, 3.63) is 59.0 Å². The summed E-state index contributed by atoms with van der Waals surface area (Å²) >= 11 is 5.29. The van der Waals surface area contributed by atoms with Crippen LogP contribution in [0.1, 0.15) is 22.2 Å². The molecule has 2 aromatic carbocycles. The maximum atomic E-state index is 11.9. The van der Waals surface area contributed by atoms with Gasteiger partial charge in [0.05, 0.1) is 12.2 Å². The van der Waals surface area contributed by atoms with E-state index in [1.807, 2.05) is 25.1 Å². The third-order valence-corrected chi connectivity index (χ3v) is 5.57. The number of hydrogen-bond acceptors (Lipinski definition) is 3. The number of hydrogen-bond donors (Lipinski definition) is 0. The summed E-state index contributed by atoms with van der Waals surface area (Å²) in [7, 11) is 0. The second-order valence-electron chi connectivity index (χ2n) is 4.87. The monoisotopic (exact) mass is 374 g/mol. The zero-order valence-corrected chi connectivity index (χ0v) is 14.5. The highest BCUT2D eigenvalue weighted by Crippen LogP contribution is 2.35. The fourth-order valence-corrected chi connectivity index (χ4v) is 3.99. The molecule has 1 heterocycles. The summed E-state index contributed by atoms with van der Waals surface area (Å²) < 4.78 is 6.33. The van der Waals surface area contributed by atoms with Gasteiger partial charge in [-0.3, -0.25) is 0 Å². The summed E-state index contributed by atoms with van der Waals surface area (Å²) in [6.45, 7) is 2.20. The van der Waals surface area contributed by atoms with Gasteiger partial charge in [-0.2, -0.15) is 0 Å². The first kappa shape index (κ1) is 15.3. The van der Waals surface area contributed by atoms with E-state index in [9.17, 15) is 4.79 Å². The number of halogens is 1. The van der Waals surface area contributed by atoms with Crippen LogP contribution in [0.2, 0.25) is 0 Å². The van der Waals surface area contributed by atoms with E-state index in [0.29, 0.717) is 12.2 Å². The van der Waals surface area contributed by atoms with Gasteiger partial charge >= 0.3 is 5.97 Å². The van der Waals surface area contributed by atoms with Crippen LogP contribution in [-0.4, -0.2) is 12.6 Å². The Morgan fingerprint density at radius 1 is 1.18 bits per heavy atom. The number of rotatable bonds is 4. The van der Waals surface area contributed by atoms with Gasteiger partial charge in [0.25, 0.3) is 0 Å². The Morgan fingerprint density at radius 3 is 2.77 bits per heavy atom. The van der Waals surface area contributed by atoms with Crippen LogP contribution in [0, 0.1) is 0 Å². The minimum absolute atomic E-state index is 0.274. The number of carbonyl (C=O) groups is 1. The van der Waals surface area contributed by atoms with Crippen LogP contribution >= 0.6 is 27.3 Å². The van der Waals surface area contributed by atoms with Crippen LogP contribution in [0.25, 0.3) is 21.2 Å². The second-order valence-corrected chi connectivity index (χ2v) is 6.57. The molecule has 112 valence electrons. The molecule has 0 aliphatic heterocycles. The molecule has 0 aliphatic carbocycles. The molecule has 0 radical (unpaired) electrons. The lowest BCUT2D eigenvalue weighted by molar-refractivity contribution is 0.0526. The highest BCUT2D eigenvalue weighted by molar-refractivity contribution is 9.08. The topological polar surface area (TPSA) is 26.3 Å². The molecule has 1 aromatic heterocycles. The van der Waals surface area contributed by atoms with E-state index in [1.54, 1.807) is 17.4 Å². The number of thiophene rings is 1. The first-order chi connectivity index (χ1) is 10.7. The number of fused-ring (bicyclic) bond motifs is 1. The highest BCUT2D eigenvalue weighted by atomic mass is 79.9. The molecular formula is C18H15BrO2S. The Labute approximate surface area is 141 Å². The van der Waals surface area contributed by atoms with Gasteiger partial charge in [-0.15, -0.1) is 11.3 Å². The minimum Gasteiger partial charge on any atom is -0.462 e. The Balaban J connectivity index is 2.09. The van der Waals surface area contributed by atoms with Crippen molar-refractivity contribution in [1.29, 1.82) is 0 Å².